The zero-order valence-electron chi connectivity index (χ0n) is 18.0. The Bertz CT molecular complexity index is 499. The highest BCUT2D eigenvalue weighted by Crippen LogP contribution is 2.26. The Kier molecular flexibility index (Phi) is 16.8. The van der Waals surface area contributed by atoms with Gasteiger partial charge in [0.1, 0.15) is 24.7 Å². The van der Waals surface area contributed by atoms with Crippen molar-refractivity contribution < 1.29 is 42.7 Å². The van der Waals surface area contributed by atoms with Crippen LogP contribution in [0.4, 0.5) is 0 Å². The molecule has 0 radical (unpaired) electrons. The number of carbonyl (C=O) groups excluding carboxylic acids is 1. The van der Waals surface area contributed by atoms with Crippen LogP contribution in [-0.2, 0) is 28.4 Å². The third kappa shape index (κ3) is 12.7. The molecule has 9 heteroatoms. The Hall–Kier alpha value is -1.75. The Morgan fingerprint density at radius 3 is 1.33 bits per heavy atom. The molecule has 0 saturated heterocycles. The van der Waals surface area contributed by atoms with Crippen molar-refractivity contribution >= 4 is 6.29 Å². The third-order valence-corrected chi connectivity index (χ3v) is 3.72. The average Bonchev–Trinajstić information content (AvgIpc) is 2.77. The predicted octanol–water partition coefficient (Wildman–Crippen LogP) is 1.62. The molecule has 0 atom stereocenters. The summed E-state index contributed by atoms with van der Waals surface area (Å²) in [5, 5.41) is 0. The van der Waals surface area contributed by atoms with Gasteiger partial charge < -0.3 is 37.9 Å². The molecule has 0 unspecified atom stereocenters. The number of rotatable bonds is 21. The van der Waals surface area contributed by atoms with E-state index >= 15 is 0 Å². The number of methoxy groups -OCH3 is 2. The monoisotopic (exact) mass is 430 g/mol. The summed E-state index contributed by atoms with van der Waals surface area (Å²) in [5.74, 6) is 0.907. The van der Waals surface area contributed by atoms with Crippen LogP contribution in [0.25, 0.3) is 0 Å². The SMILES string of the molecule is COCCOCCOCCOc1cccc(OCCOCCOCCOC)c1C=O. The summed E-state index contributed by atoms with van der Waals surface area (Å²) in [7, 11) is 3.25. The van der Waals surface area contributed by atoms with Crippen LogP contribution in [0.2, 0.25) is 0 Å². The molecule has 0 aliphatic rings. The van der Waals surface area contributed by atoms with Gasteiger partial charge in [-0.3, -0.25) is 4.79 Å². The van der Waals surface area contributed by atoms with Gasteiger partial charge in [-0.2, -0.15) is 0 Å². The molecule has 0 aliphatic heterocycles. The molecule has 0 fully saturated rings. The molecule has 0 aliphatic carbocycles. The first-order chi connectivity index (χ1) is 14.8. The molecule has 172 valence electrons. The maximum absolute atomic E-state index is 11.5. The van der Waals surface area contributed by atoms with E-state index in [1.807, 2.05) is 0 Å². The molecule has 0 N–H and O–H groups in total. The van der Waals surface area contributed by atoms with Crippen LogP contribution in [0.5, 0.6) is 11.5 Å². The maximum atomic E-state index is 11.5. The standard InChI is InChI=1S/C21H34O9/c1-23-6-8-25-10-12-27-14-16-29-20-4-3-5-21(19(20)18-22)30-17-15-28-13-11-26-9-7-24-2/h3-5,18H,6-17H2,1-2H3. The van der Waals surface area contributed by atoms with Gasteiger partial charge in [0, 0.05) is 14.2 Å². The van der Waals surface area contributed by atoms with Gasteiger partial charge >= 0.3 is 0 Å². The number of hydrogen-bond acceptors (Lipinski definition) is 9. The summed E-state index contributed by atoms with van der Waals surface area (Å²) in [4.78, 5) is 11.5. The molecule has 0 saturated carbocycles. The van der Waals surface area contributed by atoms with Crippen LogP contribution in [0.3, 0.4) is 0 Å². The van der Waals surface area contributed by atoms with Crippen LogP contribution >= 0.6 is 0 Å². The summed E-state index contributed by atoms with van der Waals surface area (Å²) in [6.07, 6.45) is 0.722. The second-order valence-electron chi connectivity index (χ2n) is 5.92. The molecule has 1 aromatic rings. The minimum absolute atomic E-state index is 0.314. The molecule has 30 heavy (non-hydrogen) atoms. The fourth-order valence-corrected chi connectivity index (χ4v) is 2.24. The lowest BCUT2D eigenvalue weighted by Crippen LogP contribution is -2.14. The Morgan fingerprint density at radius 2 is 0.967 bits per heavy atom. The minimum atomic E-state index is 0.314. The van der Waals surface area contributed by atoms with Crippen molar-refractivity contribution in [1.29, 1.82) is 0 Å². The Labute approximate surface area is 178 Å². The van der Waals surface area contributed by atoms with E-state index in [1.54, 1.807) is 32.4 Å². The van der Waals surface area contributed by atoms with Gasteiger partial charge in [-0.25, -0.2) is 0 Å². The van der Waals surface area contributed by atoms with E-state index in [2.05, 4.69) is 0 Å². The van der Waals surface area contributed by atoms with E-state index in [0.717, 1.165) is 6.29 Å². The molecule has 9 nitrogen and oxygen atoms in total. The van der Waals surface area contributed by atoms with E-state index in [-0.39, 0.29) is 0 Å². The van der Waals surface area contributed by atoms with Gasteiger partial charge in [-0.1, -0.05) is 6.07 Å². The van der Waals surface area contributed by atoms with Gasteiger partial charge in [-0.05, 0) is 12.1 Å². The zero-order chi connectivity index (χ0) is 21.7. The number of hydrogen-bond donors (Lipinski definition) is 0. The van der Waals surface area contributed by atoms with Crippen LogP contribution < -0.4 is 9.47 Å². The molecule has 1 rings (SSSR count). The smallest absolute Gasteiger partial charge is 0.157 e. The molecule has 0 aromatic heterocycles. The van der Waals surface area contributed by atoms with Crippen molar-refractivity contribution in [3.63, 3.8) is 0 Å². The summed E-state index contributed by atoms with van der Waals surface area (Å²) in [5.41, 5.74) is 0.364. The van der Waals surface area contributed by atoms with Crippen molar-refractivity contribution in [1.82, 2.24) is 0 Å². The minimum Gasteiger partial charge on any atom is -0.490 e. The van der Waals surface area contributed by atoms with Gasteiger partial charge in [0.15, 0.2) is 6.29 Å². The summed E-state index contributed by atoms with van der Waals surface area (Å²) < 4.78 is 42.5. The van der Waals surface area contributed by atoms with Gasteiger partial charge in [0.2, 0.25) is 0 Å². The largest absolute Gasteiger partial charge is 0.490 e. The molecule has 1 aromatic carbocycles. The fraction of sp³-hybridized carbons (Fsp3) is 0.667. The van der Waals surface area contributed by atoms with E-state index in [1.165, 1.54) is 0 Å². The molecular formula is C21H34O9. The highest BCUT2D eigenvalue weighted by Gasteiger charge is 2.10. The van der Waals surface area contributed by atoms with Crippen LogP contribution in [0, 0.1) is 0 Å². The van der Waals surface area contributed by atoms with Crippen molar-refractivity contribution in [2.75, 3.05) is 93.5 Å². The number of aldehydes is 1. The number of carbonyl (C=O) groups is 1. The lowest BCUT2D eigenvalue weighted by molar-refractivity contribution is 0.0174. The number of ether oxygens (including phenoxy) is 8. The molecular weight excluding hydrogens is 396 g/mol. The van der Waals surface area contributed by atoms with E-state index in [0.29, 0.717) is 96.3 Å². The second-order valence-corrected chi connectivity index (χ2v) is 5.92. The van der Waals surface area contributed by atoms with E-state index in [9.17, 15) is 4.79 Å². The topological polar surface area (TPSA) is 90.9 Å². The van der Waals surface area contributed by atoms with Crippen molar-refractivity contribution in [2.24, 2.45) is 0 Å². The molecule has 0 heterocycles. The van der Waals surface area contributed by atoms with E-state index in [4.69, 9.17) is 37.9 Å². The zero-order valence-corrected chi connectivity index (χ0v) is 18.0. The van der Waals surface area contributed by atoms with Crippen molar-refractivity contribution in [3.8, 4) is 11.5 Å². The van der Waals surface area contributed by atoms with E-state index < -0.39 is 0 Å². The molecule has 0 bridgehead atoms. The maximum Gasteiger partial charge on any atom is 0.157 e. The van der Waals surface area contributed by atoms with Gasteiger partial charge in [0.25, 0.3) is 0 Å². The number of benzene rings is 1. The third-order valence-electron chi connectivity index (χ3n) is 3.72. The predicted molar refractivity (Wildman–Crippen MR) is 110 cm³/mol. The van der Waals surface area contributed by atoms with Crippen molar-refractivity contribution in [2.45, 2.75) is 0 Å². The summed E-state index contributed by atoms with van der Waals surface area (Å²) in [6, 6.07) is 5.21. The highest BCUT2D eigenvalue weighted by atomic mass is 16.6. The lowest BCUT2D eigenvalue weighted by atomic mass is 10.2. The lowest BCUT2D eigenvalue weighted by Gasteiger charge is -2.13. The summed E-state index contributed by atoms with van der Waals surface area (Å²) in [6.45, 7) is 5.52. The highest BCUT2D eigenvalue weighted by molar-refractivity contribution is 5.83. The van der Waals surface area contributed by atoms with Crippen LogP contribution in [0.15, 0.2) is 18.2 Å². The summed E-state index contributed by atoms with van der Waals surface area (Å²) >= 11 is 0. The van der Waals surface area contributed by atoms with Crippen molar-refractivity contribution in [3.05, 3.63) is 23.8 Å². The molecule has 0 spiro atoms. The Morgan fingerprint density at radius 1 is 0.600 bits per heavy atom. The Balaban J connectivity index is 2.20. The van der Waals surface area contributed by atoms with Crippen LogP contribution in [0.1, 0.15) is 10.4 Å². The first kappa shape index (κ1) is 26.3. The average molecular weight is 430 g/mol. The first-order valence-electron chi connectivity index (χ1n) is 9.96. The normalized spacial score (nSPS) is 10.9. The van der Waals surface area contributed by atoms with Crippen LogP contribution in [-0.4, -0.2) is 99.8 Å². The first-order valence-corrected chi connectivity index (χ1v) is 9.96. The second kappa shape index (κ2) is 19.2. The quantitative estimate of drug-likeness (QED) is 0.213. The fourth-order valence-electron chi connectivity index (χ4n) is 2.24. The van der Waals surface area contributed by atoms with Gasteiger partial charge in [0.05, 0.1) is 71.6 Å². The van der Waals surface area contributed by atoms with Gasteiger partial charge in [-0.15, -0.1) is 0 Å². The molecule has 0 amide bonds.